The van der Waals surface area contributed by atoms with Gasteiger partial charge in [0.05, 0.1) is 20.8 Å². The Hall–Kier alpha value is -2.28. The van der Waals surface area contributed by atoms with E-state index < -0.39 is 5.54 Å². The smallest absolute Gasteiger partial charge is 0.329 e. The first-order valence-corrected chi connectivity index (χ1v) is 9.78. The van der Waals surface area contributed by atoms with Crippen LogP contribution in [0.5, 0.6) is 11.5 Å². The Bertz CT molecular complexity index is 758. The summed E-state index contributed by atoms with van der Waals surface area (Å²) < 4.78 is 10.8. The molecule has 27 heavy (non-hydrogen) atoms. The molecule has 3 aliphatic rings. The molecule has 1 unspecified atom stereocenters. The second kappa shape index (κ2) is 7.03. The highest BCUT2D eigenvalue weighted by atomic mass is 16.5. The molecule has 0 bridgehead atoms. The number of carbonyl (C=O) groups excluding carboxylic acids is 2. The van der Waals surface area contributed by atoms with E-state index in [-0.39, 0.29) is 11.9 Å². The maximum absolute atomic E-state index is 13.0. The molecule has 1 atom stereocenters. The van der Waals surface area contributed by atoms with Crippen LogP contribution in [-0.4, -0.2) is 49.8 Å². The van der Waals surface area contributed by atoms with Crippen LogP contribution >= 0.6 is 0 Å². The molecule has 0 radical (unpaired) electrons. The number of urea groups is 1. The third kappa shape index (κ3) is 3.14. The number of imide groups is 1. The van der Waals surface area contributed by atoms with E-state index in [0.717, 1.165) is 57.4 Å². The van der Waals surface area contributed by atoms with Crippen molar-refractivity contribution in [3.8, 4) is 11.5 Å². The molecule has 1 saturated heterocycles. The van der Waals surface area contributed by atoms with E-state index in [0.29, 0.717) is 12.4 Å². The first-order chi connectivity index (χ1) is 13.1. The van der Waals surface area contributed by atoms with Crippen molar-refractivity contribution in [1.82, 2.24) is 10.2 Å². The molecule has 1 aromatic rings. The van der Waals surface area contributed by atoms with Crippen LogP contribution in [0.4, 0.5) is 4.79 Å². The van der Waals surface area contributed by atoms with Crippen LogP contribution in [0.2, 0.25) is 0 Å². The lowest BCUT2D eigenvalue weighted by Gasteiger charge is -2.31. The van der Waals surface area contributed by atoms with Crippen molar-refractivity contribution in [3.63, 3.8) is 0 Å². The number of nitrogens with zero attached hydrogens (tertiary/aromatic N) is 1. The van der Waals surface area contributed by atoms with Crippen molar-refractivity contribution in [2.75, 3.05) is 27.4 Å². The van der Waals surface area contributed by atoms with Gasteiger partial charge < -0.3 is 19.7 Å². The second-order valence-corrected chi connectivity index (χ2v) is 7.87. The summed E-state index contributed by atoms with van der Waals surface area (Å²) in [4.78, 5) is 28.1. The summed E-state index contributed by atoms with van der Waals surface area (Å²) in [7, 11) is 3.28. The number of carbonyl (C=O) groups is 2. The predicted molar refractivity (Wildman–Crippen MR) is 98.8 cm³/mol. The second-order valence-electron chi connectivity index (χ2n) is 7.87. The molecule has 2 N–H and O–H groups in total. The monoisotopic (exact) mass is 374 g/mol. The number of nitrogens with one attached hydrogen (secondary N) is 2. The third-order valence-electron chi connectivity index (χ3n) is 6.23. The van der Waals surface area contributed by atoms with E-state index in [1.807, 2.05) is 12.1 Å². The standard InChI is InChI=1S/C20H27N3O4/c1-26-16-10-14-6-9-22(12-15(14)11-17(16)27-2)13-23-18(24)20(21-19(23)25)7-4-3-5-8-20/h10-11H,3-9,12-13H2,1-2H3,(H,21,25)/p+1. The average molecular weight is 374 g/mol. The fourth-order valence-electron chi connectivity index (χ4n) is 4.70. The van der Waals surface area contributed by atoms with Gasteiger partial charge in [-0.3, -0.25) is 4.79 Å². The molecule has 1 saturated carbocycles. The Labute approximate surface area is 159 Å². The van der Waals surface area contributed by atoms with Gasteiger partial charge in [-0.25, -0.2) is 9.69 Å². The highest BCUT2D eigenvalue weighted by Crippen LogP contribution is 2.34. The van der Waals surface area contributed by atoms with Gasteiger partial charge in [0.15, 0.2) is 18.2 Å². The molecular weight excluding hydrogens is 346 g/mol. The quantitative estimate of drug-likeness (QED) is 0.767. The molecule has 4 rings (SSSR count). The molecule has 0 aromatic heterocycles. The van der Waals surface area contributed by atoms with Crippen molar-refractivity contribution in [3.05, 3.63) is 23.3 Å². The summed E-state index contributed by atoms with van der Waals surface area (Å²) in [5, 5.41) is 3.00. The maximum Gasteiger partial charge on any atom is 0.329 e. The van der Waals surface area contributed by atoms with Gasteiger partial charge in [0.2, 0.25) is 0 Å². The van der Waals surface area contributed by atoms with Gasteiger partial charge in [0.25, 0.3) is 5.91 Å². The molecule has 7 heteroatoms. The summed E-state index contributed by atoms with van der Waals surface area (Å²) in [5.41, 5.74) is 1.80. The minimum atomic E-state index is -0.640. The summed E-state index contributed by atoms with van der Waals surface area (Å²) in [6.45, 7) is 2.06. The van der Waals surface area contributed by atoms with Crippen molar-refractivity contribution in [2.24, 2.45) is 0 Å². The first kappa shape index (κ1) is 18.1. The molecule has 3 amide bonds. The fraction of sp³-hybridized carbons (Fsp3) is 0.600. The minimum Gasteiger partial charge on any atom is -0.493 e. The highest BCUT2D eigenvalue weighted by molar-refractivity contribution is 6.06. The number of hydrogen-bond acceptors (Lipinski definition) is 4. The number of methoxy groups -OCH3 is 2. The molecule has 7 nitrogen and oxygen atoms in total. The van der Waals surface area contributed by atoms with E-state index in [4.69, 9.17) is 9.47 Å². The third-order valence-corrected chi connectivity index (χ3v) is 6.23. The number of hydrogen-bond donors (Lipinski definition) is 2. The van der Waals surface area contributed by atoms with Crippen molar-refractivity contribution in [1.29, 1.82) is 0 Å². The van der Waals surface area contributed by atoms with Crippen LogP contribution in [-0.2, 0) is 17.8 Å². The topological polar surface area (TPSA) is 72.3 Å². The van der Waals surface area contributed by atoms with Crippen molar-refractivity contribution >= 4 is 11.9 Å². The van der Waals surface area contributed by atoms with Gasteiger partial charge >= 0.3 is 6.03 Å². The zero-order chi connectivity index (χ0) is 19.0. The molecule has 2 aliphatic heterocycles. The number of rotatable bonds is 4. The van der Waals surface area contributed by atoms with Crippen LogP contribution in [0.15, 0.2) is 12.1 Å². The number of quaternary nitrogens is 1. The van der Waals surface area contributed by atoms with E-state index in [1.54, 1.807) is 14.2 Å². The summed E-state index contributed by atoms with van der Waals surface area (Å²) in [6, 6.07) is 3.82. The summed E-state index contributed by atoms with van der Waals surface area (Å²) in [5.74, 6) is 1.43. The van der Waals surface area contributed by atoms with E-state index >= 15 is 0 Å². The number of ether oxygens (including phenoxy) is 2. The number of benzene rings is 1. The van der Waals surface area contributed by atoms with Gasteiger partial charge in [-0.2, -0.15) is 0 Å². The fourth-order valence-corrected chi connectivity index (χ4v) is 4.70. The van der Waals surface area contributed by atoms with Gasteiger partial charge in [0, 0.05) is 12.0 Å². The maximum atomic E-state index is 13.0. The van der Waals surface area contributed by atoms with Crippen LogP contribution < -0.4 is 19.7 Å². The largest absolute Gasteiger partial charge is 0.493 e. The van der Waals surface area contributed by atoms with Crippen LogP contribution in [0.3, 0.4) is 0 Å². The average Bonchev–Trinajstić information content (AvgIpc) is 2.91. The molecule has 2 fully saturated rings. The van der Waals surface area contributed by atoms with Crippen molar-refractivity contribution in [2.45, 2.75) is 50.6 Å². The van der Waals surface area contributed by atoms with Crippen LogP contribution in [0.25, 0.3) is 0 Å². The zero-order valence-electron chi connectivity index (χ0n) is 16.1. The lowest BCUT2D eigenvalue weighted by atomic mass is 9.82. The SMILES string of the molecule is COc1cc2c(cc1OC)C[NH+](CN1C(=O)NC3(CCCCC3)C1=O)CC2. The number of fused-ring (bicyclic) bond motifs is 1. The highest BCUT2D eigenvalue weighted by Gasteiger charge is 2.52. The summed E-state index contributed by atoms with van der Waals surface area (Å²) >= 11 is 0. The zero-order valence-corrected chi connectivity index (χ0v) is 16.1. The molecule has 146 valence electrons. The van der Waals surface area contributed by atoms with E-state index in [9.17, 15) is 9.59 Å². The van der Waals surface area contributed by atoms with Crippen LogP contribution in [0.1, 0.15) is 43.2 Å². The van der Waals surface area contributed by atoms with Gasteiger partial charge in [0.1, 0.15) is 12.1 Å². The Morgan fingerprint density at radius 2 is 1.74 bits per heavy atom. The first-order valence-electron chi connectivity index (χ1n) is 9.78. The normalized spacial score (nSPS) is 23.9. The number of amides is 3. The van der Waals surface area contributed by atoms with E-state index in [1.165, 1.54) is 20.9 Å². The van der Waals surface area contributed by atoms with Crippen molar-refractivity contribution < 1.29 is 24.0 Å². The molecule has 1 aromatic carbocycles. The Morgan fingerprint density at radius 3 is 2.41 bits per heavy atom. The lowest BCUT2D eigenvalue weighted by Crippen LogP contribution is -3.13. The Balaban J connectivity index is 1.48. The predicted octanol–water partition coefficient (Wildman–Crippen LogP) is 0.857. The lowest BCUT2D eigenvalue weighted by molar-refractivity contribution is -0.923. The van der Waals surface area contributed by atoms with E-state index in [2.05, 4.69) is 5.32 Å². The molecular formula is C20H28N3O4+. The Kier molecular flexibility index (Phi) is 4.72. The molecule has 1 aliphatic carbocycles. The minimum absolute atomic E-state index is 0.0298. The van der Waals surface area contributed by atoms with Gasteiger partial charge in [-0.1, -0.05) is 19.3 Å². The van der Waals surface area contributed by atoms with Crippen LogP contribution in [0, 0.1) is 0 Å². The molecule has 2 heterocycles. The van der Waals surface area contributed by atoms with Gasteiger partial charge in [-0.15, -0.1) is 0 Å². The molecule has 1 spiro atoms. The van der Waals surface area contributed by atoms with Gasteiger partial charge in [-0.05, 0) is 30.5 Å². The summed E-state index contributed by atoms with van der Waals surface area (Å²) in [6.07, 6.45) is 5.58. The Morgan fingerprint density at radius 1 is 1.07 bits per heavy atom.